The van der Waals surface area contributed by atoms with Crippen LogP contribution in [0.2, 0.25) is 0 Å². The van der Waals surface area contributed by atoms with E-state index in [0.29, 0.717) is 0 Å². The van der Waals surface area contributed by atoms with Gasteiger partial charge in [0.2, 0.25) is 0 Å². The summed E-state index contributed by atoms with van der Waals surface area (Å²) in [5, 5.41) is 3.43. The van der Waals surface area contributed by atoms with Crippen molar-refractivity contribution in [3.63, 3.8) is 0 Å². The van der Waals surface area contributed by atoms with Gasteiger partial charge in [-0.1, -0.05) is 0 Å². The largest absolute Gasteiger partial charge is 0.372 e. The van der Waals surface area contributed by atoms with Gasteiger partial charge >= 0.3 is 0 Å². The number of aryl methyl sites for hydroxylation is 1. The molecule has 1 fully saturated rings. The lowest BCUT2D eigenvalue weighted by Crippen LogP contribution is -2.44. The number of aromatic nitrogens is 2. The summed E-state index contributed by atoms with van der Waals surface area (Å²) in [5.74, 6) is 2.65. The van der Waals surface area contributed by atoms with Crippen molar-refractivity contribution in [2.45, 2.75) is 20.8 Å². The van der Waals surface area contributed by atoms with E-state index in [9.17, 15) is 0 Å². The van der Waals surface area contributed by atoms with Gasteiger partial charge in [-0.15, -0.1) is 0 Å². The van der Waals surface area contributed by atoms with Gasteiger partial charge in [-0.05, 0) is 52.1 Å². The first-order valence-corrected chi connectivity index (χ1v) is 9.50. The molecule has 0 atom stereocenters. The molecule has 6 heteroatoms. The van der Waals surface area contributed by atoms with Gasteiger partial charge in [0.05, 0.1) is 0 Å². The Morgan fingerprint density at radius 1 is 1.00 bits per heavy atom. The van der Waals surface area contributed by atoms with Crippen LogP contribution in [0.3, 0.4) is 0 Å². The van der Waals surface area contributed by atoms with Gasteiger partial charge in [-0.25, -0.2) is 9.97 Å². The van der Waals surface area contributed by atoms with E-state index in [1.165, 1.54) is 5.69 Å². The Kier molecular flexibility index (Phi) is 5.93. The normalized spacial score (nSPS) is 15.2. The molecule has 0 unspecified atom stereocenters. The topological polar surface area (TPSA) is 47.5 Å². The van der Waals surface area contributed by atoms with Crippen LogP contribution in [0.25, 0.3) is 0 Å². The summed E-state index contributed by atoms with van der Waals surface area (Å²) >= 11 is 0. The molecule has 6 nitrogen and oxygen atoms in total. The second-order valence-corrected chi connectivity index (χ2v) is 6.79. The summed E-state index contributed by atoms with van der Waals surface area (Å²) in [7, 11) is 2.16. The second kappa shape index (κ2) is 8.36. The van der Waals surface area contributed by atoms with E-state index in [-0.39, 0.29) is 0 Å². The Balaban J connectivity index is 1.73. The highest BCUT2D eigenvalue weighted by Gasteiger charge is 2.16. The minimum Gasteiger partial charge on any atom is -0.372 e. The van der Waals surface area contributed by atoms with E-state index in [0.717, 1.165) is 62.4 Å². The van der Waals surface area contributed by atoms with Crippen LogP contribution < -0.4 is 15.1 Å². The molecule has 3 rings (SSSR count). The smallest absolute Gasteiger partial charge is 0.136 e. The van der Waals surface area contributed by atoms with E-state index in [4.69, 9.17) is 0 Å². The molecule has 0 radical (unpaired) electrons. The van der Waals surface area contributed by atoms with Crippen molar-refractivity contribution in [1.29, 1.82) is 0 Å². The van der Waals surface area contributed by atoms with Gasteiger partial charge in [-0.3, -0.25) is 0 Å². The average Bonchev–Trinajstić information content (AvgIpc) is 2.64. The van der Waals surface area contributed by atoms with Crippen LogP contribution >= 0.6 is 0 Å². The summed E-state index contributed by atoms with van der Waals surface area (Å²) < 4.78 is 0. The van der Waals surface area contributed by atoms with Crippen LogP contribution in [0.4, 0.5) is 23.0 Å². The number of likely N-dealkylation sites (N-methyl/N-ethyl adjacent to an activating group) is 1. The number of nitrogens with one attached hydrogen (secondary N) is 1. The standard InChI is InChI=1S/C20H30N6/c1-5-25(6-2)18-9-7-17(8-10-18)23-19-15-20(22-16(3)21-19)26-13-11-24(4)12-14-26/h7-10,15H,5-6,11-14H2,1-4H3,(H,21,22,23). The molecule has 1 aliphatic rings. The number of rotatable bonds is 6. The van der Waals surface area contributed by atoms with Crippen LogP contribution in [-0.4, -0.2) is 61.2 Å². The Labute approximate surface area is 156 Å². The molecule has 2 heterocycles. The van der Waals surface area contributed by atoms with Crippen LogP contribution in [0.15, 0.2) is 30.3 Å². The summed E-state index contributed by atoms with van der Waals surface area (Å²) in [4.78, 5) is 16.2. The van der Waals surface area contributed by atoms with Gasteiger partial charge in [0.1, 0.15) is 17.5 Å². The van der Waals surface area contributed by atoms with Gasteiger partial charge in [0, 0.05) is 56.7 Å². The number of anilines is 4. The molecule has 1 aliphatic heterocycles. The fourth-order valence-electron chi connectivity index (χ4n) is 3.31. The number of nitrogens with zero attached hydrogens (tertiary/aromatic N) is 5. The highest BCUT2D eigenvalue weighted by molar-refractivity contribution is 5.63. The molecule has 1 aromatic carbocycles. The van der Waals surface area contributed by atoms with Crippen LogP contribution in [0.5, 0.6) is 0 Å². The number of hydrogen-bond acceptors (Lipinski definition) is 6. The molecule has 1 N–H and O–H groups in total. The zero-order chi connectivity index (χ0) is 18.5. The predicted octanol–water partition coefficient (Wildman–Crippen LogP) is 3.13. The van der Waals surface area contributed by atoms with E-state index < -0.39 is 0 Å². The highest BCUT2D eigenvalue weighted by atomic mass is 15.3. The highest BCUT2D eigenvalue weighted by Crippen LogP contribution is 2.23. The second-order valence-electron chi connectivity index (χ2n) is 6.79. The fraction of sp³-hybridized carbons (Fsp3) is 0.500. The lowest BCUT2D eigenvalue weighted by molar-refractivity contribution is 0.312. The molecule has 26 heavy (non-hydrogen) atoms. The van der Waals surface area contributed by atoms with Gasteiger partial charge in [0.25, 0.3) is 0 Å². The third-order valence-electron chi connectivity index (χ3n) is 4.92. The summed E-state index contributed by atoms with van der Waals surface area (Å²) in [5.41, 5.74) is 2.29. The first kappa shape index (κ1) is 18.5. The first-order chi connectivity index (χ1) is 12.6. The van der Waals surface area contributed by atoms with Gasteiger partial charge in [-0.2, -0.15) is 0 Å². The maximum Gasteiger partial charge on any atom is 0.136 e. The number of benzene rings is 1. The molecular weight excluding hydrogens is 324 g/mol. The third kappa shape index (κ3) is 4.43. The van der Waals surface area contributed by atoms with Crippen molar-refractivity contribution in [3.05, 3.63) is 36.2 Å². The number of piperazine rings is 1. The molecule has 2 aromatic rings. The molecular formula is C20H30N6. The van der Waals surface area contributed by atoms with E-state index in [1.54, 1.807) is 0 Å². The van der Waals surface area contributed by atoms with Gasteiger partial charge in [0.15, 0.2) is 0 Å². The van der Waals surface area contributed by atoms with Crippen LogP contribution in [-0.2, 0) is 0 Å². The zero-order valence-corrected chi connectivity index (χ0v) is 16.4. The maximum absolute atomic E-state index is 4.63. The van der Waals surface area contributed by atoms with E-state index >= 15 is 0 Å². The van der Waals surface area contributed by atoms with Crippen molar-refractivity contribution >= 4 is 23.0 Å². The summed E-state index contributed by atoms with van der Waals surface area (Å²) in [6.45, 7) is 12.5. The number of hydrogen-bond donors (Lipinski definition) is 1. The van der Waals surface area contributed by atoms with Gasteiger partial charge < -0.3 is 20.0 Å². The van der Waals surface area contributed by atoms with Crippen molar-refractivity contribution in [2.24, 2.45) is 0 Å². The third-order valence-corrected chi connectivity index (χ3v) is 4.92. The van der Waals surface area contributed by atoms with Crippen molar-refractivity contribution in [2.75, 3.05) is 61.4 Å². The molecule has 0 amide bonds. The molecule has 0 spiro atoms. The Morgan fingerprint density at radius 3 is 2.27 bits per heavy atom. The van der Waals surface area contributed by atoms with Crippen LogP contribution in [0, 0.1) is 6.92 Å². The van der Waals surface area contributed by atoms with E-state index in [1.807, 2.05) is 6.92 Å². The summed E-state index contributed by atoms with van der Waals surface area (Å²) in [6, 6.07) is 10.6. The van der Waals surface area contributed by atoms with Crippen LogP contribution in [0.1, 0.15) is 19.7 Å². The lowest BCUT2D eigenvalue weighted by Gasteiger charge is -2.33. The maximum atomic E-state index is 4.63. The van der Waals surface area contributed by atoms with Crippen molar-refractivity contribution in [1.82, 2.24) is 14.9 Å². The molecule has 0 saturated carbocycles. The van der Waals surface area contributed by atoms with Crippen molar-refractivity contribution < 1.29 is 0 Å². The average molecular weight is 355 g/mol. The molecule has 1 aromatic heterocycles. The Bertz CT molecular complexity index is 703. The first-order valence-electron chi connectivity index (χ1n) is 9.50. The van der Waals surface area contributed by atoms with E-state index in [2.05, 4.69) is 81.2 Å². The predicted molar refractivity (Wildman–Crippen MR) is 110 cm³/mol. The fourth-order valence-corrected chi connectivity index (χ4v) is 3.31. The monoisotopic (exact) mass is 354 g/mol. The van der Waals surface area contributed by atoms with Crippen molar-refractivity contribution in [3.8, 4) is 0 Å². The molecule has 0 aliphatic carbocycles. The minimum atomic E-state index is 0.795. The Morgan fingerprint density at radius 2 is 1.65 bits per heavy atom. The molecule has 140 valence electrons. The SMILES string of the molecule is CCN(CC)c1ccc(Nc2cc(N3CCN(C)CC3)nc(C)n2)cc1. The summed E-state index contributed by atoms with van der Waals surface area (Å²) in [6.07, 6.45) is 0. The Hall–Kier alpha value is -2.34. The zero-order valence-electron chi connectivity index (χ0n) is 16.4. The lowest BCUT2D eigenvalue weighted by atomic mass is 10.2. The quantitative estimate of drug-likeness (QED) is 0.860. The minimum absolute atomic E-state index is 0.795. The molecule has 1 saturated heterocycles. The molecule has 0 bridgehead atoms.